The Balaban J connectivity index is 1.55. The quantitative estimate of drug-likeness (QED) is 0.478. The first kappa shape index (κ1) is 19.9. The molecule has 6 nitrogen and oxygen atoms in total. The Morgan fingerprint density at radius 2 is 1.90 bits per heavy atom. The molecule has 3 heterocycles. The maximum atomic E-state index is 14.1. The van der Waals surface area contributed by atoms with Crippen LogP contribution in [0.1, 0.15) is 34.9 Å². The van der Waals surface area contributed by atoms with Crippen LogP contribution in [0.2, 0.25) is 0 Å². The highest BCUT2D eigenvalue weighted by Gasteiger charge is 2.23. The lowest BCUT2D eigenvalue weighted by Gasteiger charge is -2.16. The molecule has 0 amide bonds. The summed E-state index contributed by atoms with van der Waals surface area (Å²) in [6, 6.07) is 3.53. The van der Waals surface area contributed by atoms with Gasteiger partial charge in [-0.05, 0) is 43.4 Å². The summed E-state index contributed by atoms with van der Waals surface area (Å²) in [6.07, 6.45) is 7.51. The number of benzene rings is 1. The van der Waals surface area contributed by atoms with E-state index in [9.17, 15) is 13.9 Å². The van der Waals surface area contributed by atoms with Crippen LogP contribution in [0.4, 0.5) is 14.6 Å². The third kappa shape index (κ3) is 3.75. The smallest absolute Gasteiger partial charge is 0.183 e. The summed E-state index contributed by atoms with van der Waals surface area (Å²) in [5.74, 6) is -0.625. The number of fused-ring (bicyclic) bond motifs is 3. The lowest BCUT2D eigenvalue weighted by atomic mass is 9.97. The summed E-state index contributed by atoms with van der Waals surface area (Å²) < 4.78 is 28.1. The molecule has 3 aromatic heterocycles. The van der Waals surface area contributed by atoms with E-state index >= 15 is 0 Å². The van der Waals surface area contributed by atoms with E-state index in [1.807, 2.05) is 0 Å². The van der Waals surface area contributed by atoms with E-state index in [1.54, 1.807) is 29.9 Å². The minimum absolute atomic E-state index is 0.103. The molecule has 1 unspecified atom stereocenters. The largest absolute Gasteiger partial charge is 0.386 e. The molecule has 9 heteroatoms. The van der Waals surface area contributed by atoms with E-state index in [0.29, 0.717) is 17.3 Å². The van der Waals surface area contributed by atoms with Gasteiger partial charge in [0.2, 0.25) is 0 Å². The van der Waals surface area contributed by atoms with Gasteiger partial charge < -0.3 is 10.4 Å². The van der Waals surface area contributed by atoms with Crippen LogP contribution in [0.25, 0.3) is 21.7 Å². The molecular formula is C22H19F2N5OS. The SMILES string of the molecule is OC(CNc1nc(-c2cnccn2)nc2sc3c(c12)CCCC3)c1c(F)cccc1F. The number of thiophene rings is 1. The molecule has 4 aromatic rings. The fourth-order valence-corrected chi connectivity index (χ4v) is 5.20. The minimum Gasteiger partial charge on any atom is -0.386 e. The van der Waals surface area contributed by atoms with Gasteiger partial charge >= 0.3 is 0 Å². The summed E-state index contributed by atoms with van der Waals surface area (Å²) >= 11 is 1.64. The van der Waals surface area contributed by atoms with E-state index in [1.165, 1.54) is 16.5 Å². The van der Waals surface area contributed by atoms with Crippen molar-refractivity contribution < 1.29 is 13.9 Å². The number of nitrogens with zero attached hydrogens (tertiary/aromatic N) is 4. The van der Waals surface area contributed by atoms with E-state index in [2.05, 4.69) is 20.3 Å². The molecule has 1 atom stereocenters. The lowest BCUT2D eigenvalue weighted by Crippen LogP contribution is -2.16. The Kier molecular flexibility index (Phi) is 5.29. The second-order valence-electron chi connectivity index (χ2n) is 7.41. The van der Waals surface area contributed by atoms with Crippen LogP contribution in [0.3, 0.4) is 0 Å². The van der Waals surface area contributed by atoms with Gasteiger partial charge in [0.1, 0.15) is 34.1 Å². The third-order valence-corrected chi connectivity index (χ3v) is 6.59. The van der Waals surface area contributed by atoms with Crippen LogP contribution in [0, 0.1) is 11.6 Å². The van der Waals surface area contributed by atoms with Gasteiger partial charge in [-0.15, -0.1) is 11.3 Å². The van der Waals surface area contributed by atoms with Crippen molar-refractivity contribution in [3.63, 3.8) is 0 Å². The van der Waals surface area contributed by atoms with Crippen LogP contribution in [0.5, 0.6) is 0 Å². The Morgan fingerprint density at radius 1 is 1.10 bits per heavy atom. The molecule has 1 aliphatic carbocycles. The molecule has 31 heavy (non-hydrogen) atoms. The van der Waals surface area contributed by atoms with Gasteiger partial charge in [-0.25, -0.2) is 23.7 Å². The average Bonchev–Trinajstić information content (AvgIpc) is 3.16. The van der Waals surface area contributed by atoms with E-state index in [4.69, 9.17) is 4.98 Å². The molecular weight excluding hydrogens is 420 g/mol. The number of hydrogen-bond acceptors (Lipinski definition) is 7. The zero-order chi connectivity index (χ0) is 21.4. The fourth-order valence-electron chi connectivity index (χ4n) is 3.94. The van der Waals surface area contributed by atoms with Crippen molar-refractivity contribution in [2.75, 3.05) is 11.9 Å². The van der Waals surface area contributed by atoms with Crippen molar-refractivity contribution >= 4 is 27.4 Å². The lowest BCUT2D eigenvalue weighted by molar-refractivity contribution is 0.181. The Bertz CT molecular complexity index is 1230. The summed E-state index contributed by atoms with van der Waals surface area (Å²) in [6.45, 7) is -0.103. The standard InChI is InChI=1S/C22H19F2N5OS/c23-13-5-3-6-14(24)19(13)16(30)11-27-21-18-12-4-1-2-7-17(12)31-22(18)29-20(28-21)15-10-25-8-9-26-15/h3,5-6,8-10,16,30H,1-2,4,7,11H2,(H,27,28,29). The third-order valence-electron chi connectivity index (χ3n) is 5.40. The minimum atomic E-state index is -1.37. The van der Waals surface area contributed by atoms with Crippen LogP contribution in [-0.4, -0.2) is 31.6 Å². The van der Waals surface area contributed by atoms with Gasteiger partial charge in [-0.3, -0.25) is 4.98 Å². The number of hydrogen-bond donors (Lipinski definition) is 2. The van der Waals surface area contributed by atoms with E-state index in [0.717, 1.165) is 48.0 Å². The fraction of sp³-hybridized carbons (Fsp3) is 0.273. The highest BCUT2D eigenvalue weighted by atomic mass is 32.1. The number of rotatable bonds is 5. The van der Waals surface area contributed by atoms with Gasteiger partial charge in [0.25, 0.3) is 0 Å². The molecule has 0 spiro atoms. The number of aliphatic hydroxyl groups is 1. The van der Waals surface area contributed by atoms with Gasteiger partial charge in [0, 0.05) is 23.8 Å². The zero-order valence-electron chi connectivity index (χ0n) is 16.5. The van der Waals surface area contributed by atoms with Crippen molar-refractivity contribution in [1.82, 2.24) is 19.9 Å². The summed E-state index contributed by atoms with van der Waals surface area (Å²) in [7, 11) is 0. The molecule has 0 saturated carbocycles. The highest BCUT2D eigenvalue weighted by Crippen LogP contribution is 2.39. The monoisotopic (exact) mass is 439 g/mol. The summed E-state index contributed by atoms with van der Waals surface area (Å²) in [5, 5.41) is 14.5. The predicted molar refractivity (Wildman–Crippen MR) is 115 cm³/mol. The first-order valence-corrected chi connectivity index (χ1v) is 10.9. The molecule has 2 N–H and O–H groups in total. The number of aryl methyl sites for hydroxylation is 2. The van der Waals surface area contributed by atoms with Crippen molar-refractivity contribution in [2.24, 2.45) is 0 Å². The highest BCUT2D eigenvalue weighted by molar-refractivity contribution is 7.19. The van der Waals surface area contributed by atoms with Crippen LogP contribution >= 0.6 is 11.3 Å². The van der Waals surface area contributed by atoms with Gasteiger partial charge in [0.05, 0.1) is 17.1 Å². The maximum Gasteiger partial charge on any atom is 0.183 e. The van der Waals surface area contributed by atoms with E-state index < -0.39 is 17.7 Å². The molecule has 1 aliphatic rings. The second-order valence-corrected chi connectivity index (χ2v) is 8.49. The van der Waals surface area contributed by atoms with Gasteiger partial charge in [0.15, 0.2) is 5.82 Å². The van der Waals surface area contributed by atoms with Crippen LogP contribution in [0.15, 0.2) is 36.8 Å². The Hall–Kier alpha value is -3.04. The van der Waals surface area contributed by atoms with Gasteiger partial charge in [-0.1, -0.05) is 6.07 Å². The summed E-state index contributed by atoms with van der Waals surface area (Å²) in [5.41, 5.74) is 1.38. The second kappa shape index (κ2) is 8.24. The van der Waals surface area contributed by atoms with Crippen molar-refractivity contribution in [1.29, 1.82) is 0 Å². The molecule has 158 valence electrons. The number of anilines is 1. The van der Waals surface area contributed by atoms with E-state index in [-0.39, 0.29) is 12.1 Å². The molecule has 0 bridgehead atoms. The Morgan fingerprint density at radius 3 is 2.68 bits per heavy atom. The summed E-state index contributed by atoms with van der Waals surface area (Å²) in [4.78, 5) is 19.8. The first-order chi connectivity index (χ1) is 15.1. The maximum absolute atomic E-state index is 14.1. The molecule has 0 radical (unpaired) electrons. The topological polar surface area (TPSA) is 83.8 Å². The number of aromatic nitrogens is 4. The van der Waals surface area contributed by atoms with Crippen LogP contribution in [-0.2, 0) is 12.8 Å². The van der Waals surface area contributed by atoms with Crippen molar-refractivity contribution in [3.8, 4) is 11.5 Å². The van der Waals surface area contributed by atoms with Gasteiger partial charge in [-0.2, -0.15) is 0 Å². The number of halogens is 2. The normalized spacial score (nSPS) is 14.4. The molecule has 0 saturated heterocycles. The molecule has 5 rings (SSSR count). The molecule has 0 aliphatic heterocycles. The number of aliphatic hydroxyl groups excluding tert-OH is 1. The predicted octanol–water partition coefficient (Wildman–Crippen LogP) is 4.45. The average molecular weight is 439 g/mol. The zero-order valence-corrected chi connectivity index (χ0v) is 17.3. The first-order valence-electron chi connectivity index (χ1n) is 10.1. The van der Waals surface area contributed by atoms with Crippen molar-refractivity contribution in [2.45, 2.75) is 31.8 Å². The van der Waals surface area contributed by atoms with Crippen molar-refractivity contribution in [3.05, 3.63) is 64.4 Å². The Labute approximate surface area is 181 Å². The molecule has 1 aromatic carbocycles. The number of nitrogens with one attached hydrogen (secondary N) is 1. The molecule has 0 fully saturated rings. The van der Waals surface area contributed by atoms with Crippen LogP contribution < -0.4 is 5.32 Å².